The van der Waals surface area contributed by atoms with Crippen LogP contribution in [0.4, 0.5) is 0 Å². The minimum absolute atomic E-state index is 0.134. The van der Waals surface area contributed by atoms with Gasteiger partial charge in [0.25, 0.3) is 5.91 Å². The van der Waals surface area contributed by atoms with Gasteiger partial charge in [-0.15, -0.1) is 0 Å². The van der Waals surface area contributed by atoms with E-state index < -0.39 is 0 Å². The summed E-state index contributed by atoms with van der Waals surface area (Å²) in [4.78, 5) is 31.8. The largest absolute Gasteiger partial charge is 0.459 e. The van der Waals surface area contributed by atoms with Gasteiger partial charge in [-0.1, -0.05) is 11.8 Å². The Morgan fingerprint density at radius 1 is 1.17 bits per heavy atom. The van der Waals surface area contributed by atoms with Crippen molar-refractivity contribution in [3.8, 4) is 0 Å². The molecule has 0 spiro atoms. The smallest absolute Gasteiger partial charge is 0.287 e. The molecule has 0 saturated heterocycles. The molecule has 0 fully saturated rings. The van der Waals surface area contributed by atoms with Crippen LogP contribution in [0.15, 0.2) is 34.0 Å². The average Bonchev–Trinajstić information content (AvgIpc) is 3.03. The number of hydrogen-bond donors (Lipinski definition) is 2. The number of amides is 2. The molecule has 23 heavy (non-hydrogen) atoms. The van der Waals surface area contributed by atoms with Crippen molar-refractivity contribution in [3.63, 3.8) is 0 Å². The molecule has 0 bridgehead atoms. The molecule has 0 aliphatic rings. The first-order valence-corrected chi connectivity index (χ1v) is 8.06. The van der Waals surface area contributed by atoms with Gasteiger partial charge in [-0.2, -0.15) is 0 Å². The molecule has 7 nitrogen and oxygen atoms in total. The third-order valence-corrected chi connectivity index (χ3v) is 3.62. The van der Waals surface area contributed by atoms with Crippen molar-refractivity contribution in [2.75, 3.05) is 18.8 Å². The molecule has 0 saturated carbocycles. The highest BCUT2D eigenvalue weighted by molar-refractivity contribution is 7.99. The number of thioether (sulfide) groups is 1. The third-order valence-electron chi connectivity index (χ3n) is 2.77. The summed E-state index contributed by atoms with van der Waals surface area (Å²) in [5.74, 6) is 0.0424. The summed E-state index contributed by atoms with van der Waals surface area (Å²) in [6.07, 6.45) is 1.43. The Morgan fingerprint density at radius 3 is 2.52 bits per heavy atom. The van der Waals surface area contributed by atoms with Crippen LogP contribution >= 0.6 is 11.8 Å². The van der Waals surface area contributed by atoms with Gasteiger partial charge in [0, 0.05) is 24.5 Å². The van der Waals surface area contributed by atoms with Crippen LogP contribution in [0.3, 0.4) is 0 Å². The van der Waals surface area contributed by atoms with Crippen molar-refractivity contribution < 1.29 is 14.0 Å². The fourth-order valence-electron chi connectivity index (χ4n) is 1.81. The molecule has 2 amide bonds. The van der Waals surface area contributed by atoms with Crippen molar-refractivity contribution >= 4 is 23.6 Å². The molecular weight excluding hydrogens is 316 g/mol. The van der Waals surface area contributed by atoms with Crippen molar-refractivity contribution in [1.29, 1.82) is 0 Å². The summed E-state index contributed by atoms with van der Waals surface area (Å²) in [5.41, 5.74) is 1.75. The van der Waals surface area contributed by atoms with Gasteiger partial charge in [0.2, 0.25) is 5.91 Å². The number of carbonyl (C=O) groups excluding carboxylic acids is 2. The summed E-state index contributed by atoms with van der Waals surface area (Å²) < 4.78 is 4.96. The van der Waals surface area contributed by atoms with E-state index in [0.29, 0.717) is 18.2 Å². The summed E-state index contributed by atoms with van der Waals surface area (Å²) in [5, 5.41) is 5.96. The highest BCUT2D eigenvalue weighted by Crippen LogP contribution is 2.13. The first kappa shape index (κ1) is 17.0. The lowest BCUT2D eigenvalue weighted by molar-refractivity contribution is -0.118. The molecule has 0 atom stereocenters. The van der Waals surface area contributed by atoms with E-state index in [0.717, 1.165) is 11.4 Å². The number of rotatable bonds is 7. The van der Waals surface area contributed by atoms with Crippen LogP contribution in [0.2, 0.25) is 0 Å². The molecule has 0 aliphatic heterocycles. The second-order valence-corrected chi connectivity index (χ2v) is 5.75. The second kappa shape index (κ2) is 8.33. The van der Waals surface area contributed by atoms with Crippen molar-refractivity contribution in [2.24, 2.45) is 0 Å². The summed E-state index contributed by atoms with van der Waals surface area (Å²) in [7, 11) is 0. The summed E-state index contributed by atoms with van der Waals surface area (Å²) in [6, 6.07) is 5.10. The highest BCUT2D eigenvalue weighted by Gasteiger charge is 2.08. The number of aryl methyl sites for hydroxylation is 2. The van der Waals surface area contributed by atoms with Gasteiger partial charge >= 0.3 is 0 Å². The van der Waals surface area contributed by atoms with Crippen molar-refractivity contribution in [1.82, 2.24) is 20.6 Å². The molecule has 122 valence electrons. The Kier molecular flexibility index (Phi) is 6.16. The predicted octanol–water partition coefficient (Wildman–Crippen LogP) is 1.32. The monoisotopic (exact) mass is 334 g/mol. The van der Waals surface area contributed by atoms with E-state index in [1.165, 1.54) is 18.0 Å². The number of furan rings is 1. The van der Waals surface area contributed by atoms with Crippen LogP contribution in [-0.4, -0.2) is 40.6 Å². The third kappa shape index (κ3) is 5.74. The van der Waals surface area contributed by atoms with E-state index in [9.17, 15) is 9.59 Å². The van der Waals surface area contributed by atoms with Crippen LogP contribution in [-0.2, 0) is 4.79 Å². The van der Waals surface area contributed by atoms with Gasteiger partial charge in [-0.3, -0.25) is 9.59 Å². The maximum atomic E-state index is 11.7. The minimum Gasteiger partial charge on any atom is -0.459 e. The zero-order valence-corrected chi connectivity index (χ0v) is 13.8. The Morgan fingerprint density at radius 2 is 1.87 bits per heavy atom. The molecule has 8 heteroatoms. The summed E-state index contributed by atoms with van der Waals surface area (Å²) in [6.45, 7) is 4.45. The lowest BCUT2D eigenvalue weighted by Gasteiger charge is -2.06. The molecule has 0 radical (unpaired) electrons. The molecule has 2 aromatic heterocycles. The number of aromatic nitrogens is 2. The van der Waals surface area contributed by atoms with Gasteiger partial charge in [-0.25, -0.2) is 9.97 Å². The van der Waals surface area contributed by atoms with Crippen LogP contribution in [0, 0.1) is 13.8 Å². The van der Waals surface area contributed by atoms with Gasteiger partial charge < -0.3 is 15.1 Å². The highest BCUT2D eigenvalue weighted by atomic mass is 32.2. The molecule has 0 aliphatic carbocycles. The van der Waals surface area contributed by atoms with Crippen molar-refractivity contribution in [3.05, 3.63) is 41.6 Å². The lowest BCUT2D eigenvalue weighted by Crippen LogP contribution is -2.35. The fraction of sp³-hybridized carbons (Fsp3) is 0.333. The molecule has 2 heterocycles. The van der Waals surface area contributed by atoms with Crippen LogP contribution in [0.5, 0.6) is 0 Å². The van der Waals surface area contributed by atoms with Crippen LogP contribution in [0.1, 0.15) is 21.9 Å². The Labute approximate surface area is 138 Å². The number of nitrogens with one attached hydrogen (secondary N) is 2. The van der Waals surface area contributed by atoms with Crippen molar-refractivity contribution in [2.45, 2.75) is 19.0 Å². The van der Waals surface area contributed by atoms with E-state index in [1.54, 1.807) is 12.1 Å². The van der Waals surface area contributed by atoms with Gasteiger partial charge in [-0.05, 0) is 32.0 Å². The number of hydrogen-bond acceptors (Lipinski definition) is 6. The van der Waals surface area contributed by atoms with Gasteiger partial charge in [0.05, 0.1) is 12.0 Å². The Hall–Kier alpha value is -2.35. The van der Waals surface area contributed by atoms with E-state index in [-0.39, 0.29) is 23.3 Å². The molecule has 0 unspecified atom stereocenters. The number of nitrogens with zero attached hydrogens (tertiary/aromatic N) is 2. The number of carbonyl (C=O) groups is 2. The minimum atomic E-state index is -0.303. The quantitative estimate of drug-likeness (QED) is 0.450. The van der Waals surface area contributed by atoms with Crippen LogP contribution in [0.25, 0.3) is 0 Å². The van der Waals surface area contributed by atoms with Gasteiger partial charge in [0.15, 0.2) is 10.9 Å². The van der Waals surface area contributed by atoms with E-state index in [2.05, 4.69) is 20.6 Å². The molecule has 2 aromatic rings. The lowest BCUT2D eigenvalue weighted by atomic mass is 10.4. The SMILES string of the molecule is Cc1cc(C)nc(SCC(=O)NCCNC(=O)c2ccco2)n1. The maximum absolute atomic E-state index is 11.7. The van der Waals surface area contributed by atoms with Gasteiger partial charge in [0.1, 0.15) is 0 Å². The second-order valence-electron chi connectivity index (χ2n) is 4.81. The Balaban J connectivity index is 1.64. The maximum Gasteiger partial charge on any atom is 0.287 e. The first-order valence-electron chi connectivity index (χ1n) is 7.08. The normalized spacial score (nSPS) is 10.3. The topological polar surface area (TPSA) is 97.1 Å². The Bertz CT molecular complexity index is 653. The molecular formula is C15H18N4O3S. The fourth-order valence-corrected chi connectivity index (χ4v) is 2.59. The standard InChI is InChI=1S/C15H18N4O3S/c1-10-8-11(2)19-15(18-10)23-9-13(20)16-5-6-17-14(21)12-4-3-7-22-12/h3-4,7-8H,5-6,9H2,1-2H3,(H,16,20)(H,17,21). The van der Waals surface area contributed by atoms with E-state index in [1.807, 2.05) is 19.9 Å². The first-order chi connectivity index (χ1) is 11.0. The molecule has 0 aromatic carbocycles. The van der Waals surface area contributed by atoms with E-state index in [4.69, 9.17) is 4.42 Å². The summed E-state index contributed by atoms with van der Waals surface area (Å²) >= 11 is 1.28. The van der Waals surface area contributed by atoms with Crippen LogP contribution < -0.4 is 10.6 Å². The predicted molar refractivity (Wildman–Crippen MR) is 86.3 cm³/mol. The zero-order chi connectivity index (χ0) is 16.7. The van der Waals surface area contributed by atoms with E-state index >= 15 is 0 Å². The average molecular weight is 334 g/mol. The molecule has 2 N–H and O–H groups in total. The zero-order valence-electron chi connectivity index (χ0n) is 13.0. The molecule has 2 rings (SSSR count).